The zero-order chi connectivity index (χ0) is 33.9. The van der Waals surface area contributed by atoms with Crippen molar-refractivity contribution in [2.24, 2.45) is 11.8 Å². The topological polar surface area (TPSA) is 134 Å². The molecule has 4 unspecified atom stereocenters. The number of ketones is 1. The van der Waals surface area contributed by atoms with Crippen LogP contribution in [0.3, 0.4) is 0 Å². The third-order valence-corrected chi connectivity index (χ3v) is 9.13. The van der Waals surface area contributed by atoms with E-state index < -0.39 is 41.0 Å². The first-order valence-electron chi connectivity index (χ1n) is 15.9. The minimum atomic E-state index is -1.75. The normalized spacial score (nSPS) is 22.8. The third kappa shape index (κ3) is 7.72. The number of aliphatic hydroxyl groups is 1. The van der Waals surface area contributed by atoms with Crippen molar-refractivity contribution in [2.45, 2.75) is 52.6 Å². The van der Waals surface area contributed by atoms with Crippen molar-refractivity contribution in [3.05, 3.63) is 88.5 Å². The first-order chi connectivity index (χ1) is 22.3. The van der Waals surface area contributed by atoms with Crippen LogP contribution in [0.4, 0.5) is 11.4 Å². The lowest BCUT2D eigenvalue weighted by Gasteiger charge is -2.44. The molecule has 1 saturated heterocycles. The van der Waals surface area contributed by atoms with Crippen LogP contribution < -0.4 is 15.4 Å². The van der Waals surface area contributed by atoms with E-state index in [9.17, 15) is 24.3 Å². The third-order valence-electron chi connectivity index (χ3n) is 9.13. The Bertz CT molecular complexity index is 1660. The van der Waals surface area contributed by atoms with Gasteiger partial charge in [0.05, 0.1) is 24.7 Å². The average molecular weight is 642 g/mol. The van der Waals surface area contributed by atoms with Crippen molar-refractivity contribution < 1.29 is 33.8 Å². The van der Waals surface area contributed by atoms with Gasteiger partial charge in [-0.15, -0.1) is 0 Å². The molecule has 1 heterocycles. The summed E-state index contributed by atoms with van der Waals surface area (Å²) in [4.78, 5) is 56.3. The lowest BCUT2D eigenvalue weighted by Crippen LogP contribution is -2.56. The first-order valence-corrected chi connectivity index (χ1v) is 15.9. The Hall–Kier alpha value is -4.54. The molecule has 1 aliphatic carbocycles. The molecular weight excluding hydrogens is 598 g/mol. The van der Waals surface area contributed by atoms with Gasteiger partial charge in [0.2, 0.25) is 11.8 Å². The molecule has 5 rings (SSSR count). The van der Waals surface area contributed by atoms with Crippen molar-refractivity contribution in [1.82, 2.24) is 4.90 Å². The number of anilines is 2. The summed E-state index contributed by atoms with van der Waals surface area (Å²) in [5.74, 6) is -4.69. The molecule has 0 spiro atoms. The Kier molecular flexibility index (Phi) is 10.1. The zero-order valence-corrected chi connectivity index (χ0v) is 27.6. The number of ether oxygens (including phenoxy) is 2. The fourth-order valence-corrected chi connectivity index (χ4v) is 6.49. The largest absolute Gasteiger partial charge is 0.484 e. The molecule has 4 atom stereocenters. The molecular formula is C37H43N3O7. The van der Waals surface area contributed by atoms with Crippen molar-refractivity contribution in [1.29, 1.82) is 0 Å². The minimum Gasteiger partial charge on any atom is -0.484 e. The van der Waals surface area contributed by atoms with Gasteiger partial charge < -0.3 is 30.1 Å². The van der Waals surface area contributed by atoms with E-state index >= 15 is 0 Å². The van der Waals surface area contributed by atoms with Crippen molar-refractivity contribution in [2.75, 3.05) is 43.5 Å². The summed E-state index contributed by atoms with van der Waals surface area (Å²) in [5, 5.41) is 17.6. The molecule has 3 aromatic carbocycles. The molecule has 3 aromatic rings. The number of aryl methyl sites for hydroxylation is 4. The van der Waals surface area contributed by atoms with Crippen LogP contribution in [-0.4, -0.2) is 72.0 Å². The van der Waals surface area contributed by atoms with Crippen LogP contribution in [0.15, 0.2) is 60.7 Å². The molecule has 1 saturated carbocycles. The van der Waals surface area contributed by atoms with Crippen LogP contribution in [0.1, 0.15) is 47.1 Å². The maximum Gasteiger partial charge on any atom is 0.260 e. The van der Waals surface area contributed by atoms with Gasteiger partial charge in [-0.3, -0.25) is 19.2 Å². The Balaban J connectivity index is 1.48. The second kappa shape index (κ2) is 14.1. The number of Topliss-reactive ketones (excluding diaryl/α,β-unsaturated/α-hetero) is 1. The molecule has 2 fully saturated rings. The molecule has 47 heavy (non-hydrogen) atoms. The number of carbonyl (C=O) groups is 4. The lowest BCUT2D eigenvalue weighted by molar-refractivity contribution is -0.151. The number of hydrogen-bond donors (Lipinski definition) is 3. The molecule has 0 bridgehead atoms. The van der Waals surface area contributed by atoms with E-state index in [0.29, 0.717) is 49.0 Å². The molecule has 2 aliphatic rings. The van der Waals surface area contributed by atoms with Crippen LogP contribution in [0.2, 0.25) is 0 Å². The van der Waals surface area contributed by atoms with Gasteiger partial charge in [0.25, 0.3) is 5.91 Å². The van der Waals surface area contributed by atoms with Gasteiger partial charge in [0, 0.05) is 36.8 Å². The molecule has 3 amide bonds. The summed E-state index contributed by atoms with van der Waals surface area (Å²) in [7, 11) is 0. The monoisotopic (exact) mass is 641 g/mol. The number of hydrogen-bond acceptors (Lipinski definition) is 7. The minimum absolute atomic E-state index is 0.155. The summed E-state index contributed by atoms with van der Waals surface area (Å²) in [6, 6.07) is 18.0. The SMILES string of the molecule is Cc1ccc(C)c(NC(=O)C2C(=O)CC(C)(O)C(C(=O)Nc3cc(C)ccc3C)C2c2ccc(OCC(=O)N3CCOCC3)cc2)c1. The smallest absolute Gasteiger partial charge is 0.260 e. The predicted molar refractivity (Wildman–Crippen MR) is 178 cm³/mol. The van der Waals surface area contributed by atoms with Gasteiger partial charge in [-0.2, -0.15) is 0 Å². The quantitative estimate of drug-likeness (QED) is 0.309. The van der Waals surface area contributed by atoms with Crippen molar-refractivity contribution in [3.8, 4) is 5.75 Å². The first kappa shape index (κ1) is 33.8. The second-order valence-electron chi connectivity index (χ2n) is 12.9. The Labute approximate surface area is 275 Å². The number of nitrogens with zero attached hydrogens (tertiary/aromatic N) is 1. The van der Waals surface area contributed by atoms with Gasteiger partial charge in [0.15, 0.2) is 6.61 Å². The van der Waals surface area contributed by atoms with E-state index in [-0.39, 0.29) is 18.9 Å². The summed E-state index contributed by atoms with van der Waals surface area (Å²) in [6.45, 7) is 10.9. The van der Waals surface area contributed by atoms with Gasteiger partial charge in [-0.1, -0.05) is 36.4 Å². The summed E-state index contributed by atoms with van der Waals surface area (Å²) >= 11 is 0. The number of amides is 3. The Morgan fingerprint density at radius 2 is 1.43 bits per heavy atom. The van der Waals surface area contributed by atoms with Crippen LogP contribution in [0, 0.1) is 39.5 Å². The summed E-state index contributed by atoms with van der Waals surface area (Å²) < 4.78 is 11.1. The highest BCUT2D eigenvalue weighted by Gasteiger charge is 2.56. The number of rotatable bonds is 8. The fourth-order valence-electron chi connectivity index (χ4n) is 6.49. The van der Waals surface area contributed by atoms with E-state index in [1.807, 2.05) is 64.1 Å². The predicted octanol–water partition coefficient (Wildman–Crippen LogP) is 4.48. The summed E-state index contributed by atoms with van der Waals surface area (Å²) in [5.41, 5.74) is 3.47. The highest BCUT2D eigenvalue weighted by Crippen LogP contribution is 2.47. The molecule has 10 nitrogen and oxygen atoms in total. The molecule has 10 heteroatoms. The molecule has 0 radical (unpaired) electrons. The van der Waals surface area contributed by atoms with E-state index in [0.717, 1.165) is 22.3 Å². The zero-order valence-electron chi connectivity index (χ0n) is 27.6. The standard InChI is InChI=1S/C37H43N3O7/c1-22-6-8-24(3)28(18-22)38-35(43)33-30(41)20-37(5,45)34(36(44)39-29-19-23(2)7-9-25(29)4)32(33)26-10-12-27(13-11-26)47-21-31(42)40-14-16-46-17-15-40/h6-13,18-19,32-34,45H,14-17,20-21H2,1-5H3,(H,38,43)(H,39,44). The summed E-state index contributed by atoms with van der Waals surface area (Å²) in [6.07, 6.45) is -0.371. The molecule has 1 aliphatic heterocycles. The van der Waals surface area contributed by atoms with E-state index in [2.05, 4.69) is 10.6 Å². The van der Waals surface area contributed by atoms with Crippen molar-refractivity contribution in [3.63, 3.8) is 0 Å². The van der Waals surface area contributed by atoms with Gasteiger partial charge >= 0.3 is 0 Å². The maximum atomic E-state index is 14.2. The van der Waals surface area contributed by atoms with E-state index in [1.54, 1.807) is 29.2 Å². The average Bonchev–Trinajstić information content (AvgIpc) is 3.03. The van der Waals surface area contributed by atoms with Gasteiger partial charge in [-0.05, 0) is 86.7 Å². The van der Waals surface area contributed by atoms with Crippen LogP contribution >= 0.6 is 0 Å². The van der Waals surface area contributed by atoms with Gasteiger partial charge in [0.1, 0.15) is 17.5 Å². The maximum absolute atomic E-state index is 14.2. The van der Waals surface area contributed by atoms with E-state index in [4.69, 9.17) is 9.47 Å². The Morgan fingerprint density at radius 1 is 0.872 bits per heavy atom. The molecule has 3 N–H and O–H groups in total. The van der Waals surface area contributed by atoms with Gasteiger partial charge in [-0.25, -0.2) is 0 Å². The molecule has 0 aromatic heterocycles. The number of carbonyl (C=O) groups excluding carboxylic acids is 4. The van der Waals surface area contributed by atoms with Crippen LogP contribution in [-0.2, 0) is 23.9 Å². The lowest BCUT2D eigenvalue weighted by atomic mass is 9.61. The second-order valence-corrected chi connectivity index (χ2v) is 12.9. The molecule has 248 valence electrons. The highest BCUT2D eigenvalue weighted by atomic mass is 16.5. The van der Waals surface area contributed by atoms with Crippen LogP contribution in [0.5, 0.6) is 5.75 Å². The number of benzene rings is 3. The Morgan fingerprint density at radius 3 is 2.00 bits per heavy atom. The van der Waals surface area contributed by atoms with E-state index in [1.165, 1.54) is 6.92 Å². The highest BCUT2D eigenvalue weighted by molar-refractivity contribution is 6.10. The fraction of sp³-hybridized carbons (Fsp3) is 0.405. The van der Waals surface area contributed by atoms with Crippen molar-refractivity contribution >= 4 is 34.9 Å². The van der Waals surface area contributed by atoms with Crippen LogP contribution in [0.25, 0.3) is 0 Å². The number of nitrogens with one attached hydrogen (secondary N) is 2. The number of morpholine rings is 1.